The van der Waals surface area contributed by atoms with Crippen molar-refractivity contribution in [2.24, 2.45) is 0 Å². The van der Waals surface area contributed by atoms with E-state index in [1.165, 1.54) is 12.8 Å². The van der Waals surface area contributed by atoms with E-state index in [0.717, 1.165) is 13.2 Å². The molecule has 2 rings (SSSR count). The Hall–Kier alpha value is -0.0800. The second kappa shape index (κ2) is 4.63. The monoisotopic (exact) mass is 199 g/mol. The summed E-state index contributed by atoms with van der Waals surface area (Å²) in [5.74, 6) is 0. The zero-order chi connectivity index (χ0) is 10.8. The highest BCUT2D eigenvalue weighted by Crippen LogP contribution is 2.35. The summed E-state index contributed by atoms with van der Waals surface area (Å²) in [6.07, 6.45) is 3.08. The Bertz CT molecular complexity index is 179. The molecule has 2 aliphatic heterocycles. The van der Waals surface area contributed by atoms with Crippen molar-refractivity contribution >= 4 is 0 Å². The Morgan fingerprint density at radius 1 is 1.29 bits per heavy atom. The molecule has 0 radical (unpaired) electrons. The molecule has 2 fully saturated rings. The summed E-state index contributed by atoms with van der Waals surface area (Å²) in [5, 5.41) is 0. The van der Waals surface area contributed by atoms with E-state index in [-0.39, 0.29) is 0 Å². The zero-order valence-electron chi connectivity index (χ0n) is 10.3. The molecule has 0 aromatic rings. The van der Waals surface area contributed by atoms with Crippen LogP contribution in [0.4, 0.5) is 0 Å². The number of hydrogen-bond acceptors (Lipinski definition) is 2. The van der Waals surface area contributed by atoms with Gasteiger partial charge in [-0.1, -0.05) is 13.8 Å². The molecule has 0 saturated carbocycles. The lowest BCUT2D eigenvalue weighted by Gasteiger charge is -2.41. The number of fused-ring (bicyclic) bond motifs is 1. The van der Waals surface area contributed by atoms with Crippen molar-refractivity contribution in [1.82, 2.24) is 4.90 Å². The smallest absolute Gasteiger partial charge is 0.0675 e. The Labute approximate surface area is 88.6 Å². The first-order valence-electron chi connectivity index (χ1n) is 5.98. The maximum Gasteiger partial charge on any atom is 0.0675 e. The maximum absolute atomic E-state index is 5.64. The lowest BCUT2D eigenvalue weighted by atomic mass is 10.0. The van der Waals surface area contributed by atoms with Gasteiger partial charge in [0.05, 0.1) is 12.7 Å². The van der Waals surface area contributed by atoms with E-state index in [9.17, 15) is 0 Å². The molecule has 0 aliphatic carbocycles. The molecular weight excluding hydrogens is 174 g/mol. The fourth-order valence-corrected chi connectivity index (χ4v) is 2.49. The number of morpholine rings is 1. The van der Waals surface area contributed by atoms with Crippen LogP contribution in [-0.4, -0.2) is 35.7 Å². The van der Waals surface area contributed by atoms with Gasteiger partial charge in [0.25, 0.3) is 0 Å². The normalized spacial score (nSPS) is 35.8. The fraction of sp³-hybridized carbons (Fsp3) is 1.00. The van der Waals surface area contributed by atoms with Gasteiger partial charge in [-0.25, -0.2) is 0 Å². The van der Waals surface area contributed by atoms with Crippen molar-refractivity contribution in [3.63, 3.8) is 0 Å². The van der Waals surface area contributed by atoms with Gasteiger partial charge in [-0.2, -0.15) is 0 Å². The SMILES string of the molecule is CC.CC1CN2C(CCC2(C)C)CO1. The third-order valence-electron chi connectivity index (χ3n) is 3.33. The Morgan fingerprint density at radius 3 is 2.57 bits per heavy atom. The first kappa shape index (κ1) is 12.0. The standard InChI is InChI=1S/C10H19NO.C2H6/c1-8-6-11-9(7-12-8)4-5-10(11,2)3;1-2/h8-9H,4-7H2,1-3H3;1-2H3. The van der Waals surface area contributed by atoms with Crippen molar-refractivity contribution < 1.29 is 4.74 Å². The van der Waals surface area contributed by atoms with E-state index < -0.39 is 0 Å². The molecule has 2 aliphatic rings. The molecule has 0 aromatic carbocycles. The lowest BCUT2D eigenvalue weighted by molar-refractivity contribution is -0.0655. The van der Waals surface area contributed by atoms with E-state index in [0.29, 0.717) is 17.7 Å². The van der Waals surface area contributed by atoms with E-state index in [2.05, 4.69) is 25.7 Å². The summed E-state index contributed by atoms with van der Waals surface area (Å²) in [6, 6.07) is 0.705. The molecule has 2 atom stereocenters. The first-order valence-corrected chi connectivity index (χ1v) is 5.98. The number of rotatable bonds is 0. The third-order valence-corrected chi connectivity index (χ3v) is 3.33. The van der Waals surface area contributed by atoms with Gasteiger partial charge in [-0.3, -0.25) is 4.90 Å². The average Bonchev–Trinajstić information content (AvgIpc) is 2.46. The van der Waals surface area contributed by atoms with Crippen LogP contribution in [0.2, 0.25) is 0 Å². The van der Waals surface area contributed by atoms with E-state index >= 15 is 0 Å². The minimum absolute atomic E-state index is 0.419. The summed E-state index contributed by atoms with van der Waals surface area (Å²) in [6.45, 7) is 12.9. The van der Waals surface area contributed by atoms with Crippen molar-refractivity contribution in [2.45, 2.75) is 65.1 Å². The van der Waals surface area contributed by atoms with Crippen LogP contribution in [0.25, 0.3) is 0 Å². The van der Waals surface area contributed by atoms with Gasteiger partial charge < -0.3 is 4.74 Å². The van der Waals surface area contributed by atoms with E-state index in [1.54, 1.807) is 0 Å². The van der Waals surface area contributed by atoms with Crippen LogP contribution in [0.5, 0.6) is 0 Å². The molecule has 2 heteroatoms. The molecule has 0 aromatic heterocycles. The highest BCUT2D eigenvalue weighted by Gasteiger charge is 2.42. The van der Waals surface area contributed by atoms with Gasteiger partial charge in [-0.05, 0) is 33.6 Å². The number of ether oxygens (including phenoxy) is 1. The van der Waals surface area contributed by atoms with Crippen molar-refractivity contribution in [3.8, 4) is 0 Å². The molecular formula is C12H25NO. The van der Waals surface area contributed by atoms with E-state index in [1.807, 2.05) is 13.8 Å². The topological polar surface area (TPSA) is 12.5 Å². The van der Waals surface area contributed by atoms with Crippen molar-refractivity contribution in [3.05, 3.63) is 0 Å². The molecule has 2 unspecified atom stereocenters. The van der Waals surface area contributed by atoms with Crippen molar-refractivity contribution in [1.29, 1.82) is 0 Å². The summed E-state index contributed by atoms with van der Waals surface area (Å²) < 4.78 is 5.64. The molecule has 0 spiro atoms. The van der Waals surface area contributed by atoms with Gasteiger partial charge in [0.2, 0.25) is 0 Å². The Balaban J connectivity index is 0.000000461. The quantitative estimate of drug-likeness (QED) is 0.595. The largest absolute Gasteiger partial charge is 0.376 e. The predicted molar refractivity (Wildman–Crippen MR) is 60.6 cm³/mol. The van der Waals surface area contributed by atoms with E-state index in [4.69, 9.17) is 4.74 Å². The van der Waals surface area contributed by atoms with Gasteiger partial charge in [-0.15, -0.1) is 0 Å². The molecule has 14 heavy (non-hydrogen) atoms. The first-order chi connectivity index (χ1) is 6.59. The predicted octanol–water partition coefficient (Wildman–Crippen LogP) is 2.67. The third kappa shape index (κ3) is 2.29. The number of nitrogens with zero attached hydrogens (tertiary/aromatic N) is 1. The Kier molecular flexibility index (Phi) is 3.96. The molecule has 2 heterocycles. The van der Waals surface area contributed by atoms with Gasteiger partial charge in [0, 0.05) is 18.1 Å². The van der Waals surface area contributed by atoms with Crippen LogP contribution in [0.1, 0.15) is 47.5 Å². The minimum Gasteiger partial charge on any atom is -0.376 e. The van der Waals surface area contributed by atoms with Crippen molar-refractivity contribution in [2.75, 3.05) is 13.2 Å². The summed E-state index contributed by atoms with van der Waals surface area (Å²) >= 11 is 0. The average molecular weight is 199 g/mol. The molecule has 0 bridgehead atoms. The molecule has 84 valence electrons. The summed E-state index contributed by atoms with van der Waals surface area (Å²) in [7, 11) is 0. The fourth-order valence-electron chi connectivity index (χ4n) is 2.49. The second-order valence-electron chi connectivity index (χ2n) is 4.80. The van der Waals surface area contributed by atoms with Crippen LogP contribution in [0.15, 0.2) is 0 Å². The highest BCUT2D eigenvalue weighted by molar-refractivity contribution is 4.96. The number of hydrogen-bond donors (Lipinski definition) is 0. The van der Waals surface area contributed by atoms with Gasteiger partial charge in [0.15, 0.2) is 0 Å². The minimum atomic E-state index is 0.419. The maximum atomic E-state index is 5.64. The highest BCUT2D eigenvalue weighted by atomic mass is 16.5. The van der Waals surface area contributed by atoms with Crippen LogP contribution in [0.3, 0.4) is 0 Å². The van der Waals surface area contributed by atoms with Crippen LogP contribution in [0, 0.1) is 0 Å². The molecule has 2 nitrogen and oxygen atoms in total. The second-order valence-corrected chi connectivity index (χ2v) is 4.80. The lowest BCUT2D eigenvalue weighted by Crippen LogP contribution is -2.52. The van der Waals surface area contributed by atoms with Crippen LogP contribution >= 0.6 is 0 Å². The zero-order valence-corrected chi connectivity index (χ0v) is 10.3. The van der Waals surface area contributed by atoms with Crippen LogP contribution < -0.4 is 0 Å². The molecule has 0 N–H and O–H groups in total. The molecule has 0 amide bonds. The Morgan fingerprint density at radius 2 is 1.93 bits per heavy atom. The summed E-state index contributed by atoms with van der Waals surface area (Å²) in [5.41, 5.74) is 0.419. The van der Waals surface area contributed by atoms with Crippen LogP contribution in [-0.2, 0) is 4.74 Å². The molecule has 2 saturated heterocycles. The van der Waals surface area contributed by atoms with Gasteiger partial charge in [0.1, 0.15) is 0 Å². The summed E-state index contributed by atoms with van der Waals surface area (Å²) in [4.78, 5) is 2.63. The van der Waals surface area contributed by atoms with Gasteiger partial charge >= 0.3 is 0 Å².